The molecule has 4 nitrogen and oxygen atoms in total. The van der Waals surface area contributed by atoms with E-state index in [1.165, 1.54) is 0 Å². The minimum Gasteiger partial charge on any atom is -0.489 e. The van der Waals surface area contributed by atoms with Gasteiger partial charge in [0.2, 0.25) is 0 Å². The number of anilines is 1. The van der Waals surface area contributed by atoms with Crippen LogP contribution < -0.4 is 10.5 Å². The van der Waals surface area contributed by atoms with Crippen LogP contribution in [0.4, 0.5) is 5.69 Å². The number of hydrogen-bond donors (Lipinski definition) is 1. The van der Waals surface area contributed by atoms with Crippen LogP contribution >= 0.6 is 0 Å². The van der Waals surface area contributed by atoms with Crippen molar-refractivity contribution < 1.29 is 9.53 Å². The van der Waals surface area contributed by atoms with E-state index < -0.39 is 0 Å². The van der Waals surface area contributed by atoms with Crippen LogP contribution in [0.5, 0.6) is 5.75 Å². The lowest BCUT2D eigenvalue weighted by Crippen LogP contribution is -2.07. The zero-order valence-electron chi connectivity index (χ0n) is 12.4. The van der Waals surface area contributed by atoms with Gasteiger partial charge in [-0.2, -0.15) is 0 Å². The topological polar surface area (TPSA) is 65.2 Å². The first kappa shape index (κ1) is 15.0. The van der Waals surface area contributed by atoms with Gasteiger partial charge in [-0.25, -0.2) is 0 Å². The van der Waals surface area contributed by atoms with Crippen LogP contribution in [-0.2, 0) is 6.42 Å². The second kappa shape index (κ2) is 6.88. The SMILES string of the molecule is CC(C)Oc1cncc(C(=O)CCc2cccc(N)c2)c1. The lowest BCUT2D eigenvalue weighted by atomic mass is 10.0. The third-order valence-electron chi connectivity index (χ3n) is 3.00. The highest BCUT2D eigenvalue weighted by Gasteiger charge is 2.09. The Labute approximate surface area is 125 Å². The second-order valence-corrected chi connectivity index (χ2v) is 5.24. The summed E-state index contributed by atoms with van der Waals surface area (Å²) in [6, 6.07) is 9.34. The number of carbonyl (C=O) groups is 1. The van der Waals surface area contributed by atoms with Crippen molar-refractivity contribution in [3.8, 4) is 5.75 Å². The number of nitrogens with two attached hydrogens (primary N) is 1. The van der Waals surface area contributed by atoms with Crippen molar-refractivity contribution in [3.63, 3.8) is 0 Å². The molecular formula is C17H20N2O2. The monoisotopic (exact) mass is 284 g/mol. The fraction of sp³-hybridized carbons (Fsp3) is 0.294. The molecule has 110 valence electrons. The number of nitrogen functional groups attached to an aromatic ring is 1. The number of nitrogens with zero attached hydrogens (tertiary/aromatic N) is 1. The highest BCUT2D eigenvalue weighted by Crippen LogP contribution is 2.16. The molecule has 2 N–H and O–H groups in total. The van der Waals surface area contributed by atoms with Crippen molar-refractivity contribution in [1.29, 1.82) is 0 Å². The molecule has 1 heterocycles. The fourth-order valence-electron chi connectivity index (χ4n) is 2.06. The van der Waals surface area contributed by atoms with E-state index in [-0.39, 0.29) is 11.9 Å². The Balaban J connectivity index is 2.00. The molecule has 0 aliphatic rings. The maximum atomic E-state index is 12.2. The molecule has 0 aliphatic heterocycles. The summed E-state index contributed by atoms with van der Waals surface area (Å²) < 4.78 is 5.55. The zero-order chi connectivity index (χ0) is 15.2. The van der Waals surface area contributed by atoms with Crippen molar-refractivity contribution in [2.75, 3.05) is 5.73 Å². The summed E-state index contributed by atoms with van der Waals surface area (Å²) in [5.41, 5.74) is 8.09. The number of pyridine rings is 1. The molecule has 0 aliphatic carbocycles. The lowest BCUT2D eigenvalue weighted by Gasteiger charge is -2.10. The molecule has 0 fully saturated rings. The summed E-state index contributed by atoms with van der Waals surface area (Å²) in [5, 5.41) is 0. The number of rotatable bonds is 6. The maximum Gasteiger partial charge on any atom is 0.164 e. The molecule has 0 saturated heterocycles. The minimum atomic E-state index is 0.0548. The van der Waals surface area contributed by atoms with Crippen molar-refractivity contribution in [2.45, 2.75) is 32.8 Å². The van der Waals surface area contributed by atoms with E-state index in [1.54, 1.807) is 18.5 Å². The summed E-state index contributed by atoms with van der Waals surface area (Å²) in [6.07, 6.45) is 4.35. The molecule has 1 aromatic carbocycles. The minimum absolute atomic E-state index is 0.0548. The fourth-order valence-corrected chi connectivity index (χ4v) is 2.06. The summed E-state index contributed by atoms with van der Waals surface area (Å²) >= 11 is 0. The number of ether oxygens (including phenoxy) is 1. The molecule has 0 saturated carbocycles. The predicted octanol–water partition coefficient (Wildman–Crippen LogP) is 3.27. The van der Waals surface area contributed by atoms with Crippen LogP contribution in [0.15, 0.2) is 42.7 Å². The van der Waals surface area contributed by atoms with Crippen molar-refractivity contribution >= 4 is 11.5 Å². The molecule has 21 heavy (non-hydrogen) atoms. The molecule has 0 amide bonds. The summed E-state index contributed by atoms with van der Waals surface area (Å²) in [5.74, 6) is 0.680. The first-order valence-electron chi connectivity index (χ1n) is 7.04. The van der Waals surface area contributed by atoms with E-state index >= 15 is 0 Å². The molecule has 0 radical (unpaired) electrons. The third kappa shape index (κ3) is 4.60. The Morgan fingerprint density at radius 2 is 2.10 bits per heavy atom. The second-order valence-electron chi connectivity index (χ2n) is 5.24. The van der Waals surface area contributed by atoms with Gasteiger partial charge in [-0.1, -0.05) is 12.1 Å². The predicted molar refractivity (Wildman–Crippen MR) is 83.5 cm³/mol. The zero-order valence-corrected chi connectivity index (χ0v) is 12.4. The van der Waals surface area contributed by atoms with E-state index in [0.717, 1.165) is 5.56 Å². The van der Waals surface area contributed by atoms with Gasteiger partial charge < -0.3 is 10.5 Å². The van der Waals surface area contributed by atoms with Gasteiger partial charge in [-0.3, -0.25) is 9.78 Å². The van der Waals surface area contributed by atoms with Gasteiger partial charge in [0.15, 0.2) is 5.78 Å². The Morgan fingerprint density at radius 1 is 1.29 bits per heavy atom. The van der Waals surface area contributed by atoms with E-state index in [4.69, 9.17) is 10.5 Å². The number of benzene rings is 1. The highest BCUT2D eigenvalue weighted by molar-refractivity contribution is 5.96. The van der Waals surface area contributed by atoms with Gasteiger partial charge in [0, 0.05) is 23.9 Å². The summed E-state index contributed by atoms with van der Waals surface area (Å²) in [4.78, 5) is 16.3. The number of aromatic nitrogens is 1. The number of hydrogen-bond acceptors (Lipinski definition) is 4. The molecule has 2 rings (SSSR count). The average Bonchev–Trinajstić information content (AvgIpc) is 2.44. The largest absolute Gasteiger partial charge is 0.489 e. The average molecular weight is 284 g/mol. The first-order valence-corrected chi connectivity index (χ1v) is 7.04. The molecule has 0 atom stereocenters. The standard InChI is InChI=1S/C17H20N2O2/c1-12(2)21-16-9-14(10-19-11-16)17(20)7-6-13-4-3-5-15(18)8-13/h3-5,8-12H,6-7,18H2,1-2H3. The summed E-state index contributed by atoms with van der Waals surface area (Å²) in [7, 11) is 0. The van der Waals surface area contributed by atoms with Gasteiger partial charge in [-0.05, 0) is 44.0 Å². The van der Waals surface area contributed by atoms with Crippen LogP contribution in [0.2, 0.25) is 0 Å². The summed E-state index contributed by atoms with van der Waals surface area (Å²) in [6.45, 7) is 3.88. The molecule has 0 unspecified atom stereocenters. The first-order chi connectivity index (χ1) is 10.0. The van der Waals surface area contributed by atoms with Crippen LogP contribution in [0, 0.1) is 0 Å². The van der Waals surface area contributed by atoms with Crippen LogP contribution in [0.3, 0.4) is 0 Å². The number of ketones is 1. The Hall–Kier alpha value is -2.36. The number of carbonyl (C=O) groups excluding carboxylic acids is 1. The van der Waals surface area contributed by atoms with Crippen LogP contribution in [0.1, 0.15) is 36.2 Å². The molecule has 1 aromatic heterocycles. The van der Waals surface area contributed by atoms with Crippen molar-refractivity contribution in [3.05, 3.63) is 53.9 Å². The van der Waals surface area contributed by atoms with E-state index in [9.17, 15) is 4.79 Å². The van der Waals surface area contributed by atoms with Gasteiger partial charge >= 0.3 is 0 Å². The van der Waals surface area contributed by atoms with E-state index in [1.807, 2.05) is 38.1 Å². The van der Waals surface area contributed by atoms with Gasteiger partial charge in [-0.15, -0.1) is 0 Å². The number of Topliss-reactive ketones (excluding diaryl/α,β-unsaturated/α-hetero) is 1. The van der Waals surface area contributed by atoms with Crippen molar-refractivity contribution in [2.24, 2.45) is 0 Å². The smallest absolute Gasteiger partial charge is 0.164 e. The number of aryl methyl sites for hydroxylation is 1. The molecular weight excluding hydrogens is 264 g/mol. The normalized spacial score (nSPS) is 10.6. The van der Waals surface area contributed by atoms with Crippen LogP contribution in [-0.4, -0.2) is 16.9 Å². The van der Waals surface area contributed by atoms with E-state index in [0.29, 0.717) is 29.8 Å². The van der Waals surface area contributed by atoms with Gasteiger partial charge in [0.25, 0.3) is 0 Å². The van der Waals surface area contributed by atoms with Crippen LogP contribution in [0.25, 0.3) is 0 Å². The highest BCUT2D eigenvalue weighted by atomic mass is 16.5. The molecule has 0 spiro atoms. The quantitative estimate of drug-likeness (QED) is 0.653. The van der Waals surface area contributed by atoms with Crippen molar-refractivity contribution in [1.82, 2.24) is 4.98 Å². The van der Waals surface area contributed by atoms with Gasteiger partial charge in [0.05, 0.1) is 12.3 Å². The third-order valence-corrected chi connectivity index (χ3v) is 3.00. The Kier molecular flexibility index (Phi) is 4.93. The molecule has 0 bridgehead atoms. The molecule has 4 heteroatoms. The Morgan fingerprint density at radius 3 is 2.81 bits per heavy atom. The van der Waals surface area contributed by atoms with E-state index in [2.05, 4.69) is 4.98 Å². The Bertz CT molecular complexity index is 624. The lowest BCUT2D eigenvalue weighted by molar-refractivity contribution is 0.0981. The maximum absolute atomic E-state index is 12.2. The molecule has 2 aromatic rings. The van der Waals surface area contributed by atoms with Gasteiger partial charge in [0.1, 0.15) is 5.75 Å².